The van der Waals surface area contributed by atoms with E-state index in [1.54, 1.807) is 0 Å². The average molecular weight is 908 g/mol. The van der Waals surface area contributed by atoms with Crippen LogP contribution in [0.25, 0.3) is 93.6 Å². The lowest BCUT2D eigenvalue weighted by Crippen LogP contribution is -2.74. The minimum atomic E-state index is -3.04. The largest absolute Gasteiger partial charge is 0.309 e. The van der Waals surface area contributed by atoms with Crippen molar-refractivity contribution >= 4 is 94.2 Å². The Balaban J connectivity index is 1.05. The van der Waals surface area contributed by atoms with Gasteiger partial charge in [-0.2, -0.15) is 0 Å². The zero-order chi connectivity index (χ0) is 46.2. The lowest BCUT2D eigenvalue weighted by molar-refractivity contribution is 1.17. The quantitative estimate of drug-likeness (QED) is 0.107. The van der Waals surface area contributed by atoms with Crippen LogP contribution in [0.15, 0.2) is 273 Å². The second-order valence-electron chi connectivity index (χ2n) is 18.4. The van der Waals surface area contributed by atoms with E-state index in [1.807, 2.05) is 0 Å². The maximum absolute atomic E-state index is 3.04. The molecule has 0 unspecified atom stereocenters. The van der Waals surface area contributed by atoms with Crippen molar-refractivity contribution in [3.8, 4) is 28.2 Å². The Kier molecular flexibility index (Phi) is 9.23. The van der Waals surface area contributed by atoms with Gasteiger partial charge in [0.25, 0.3) is 0 Å². The number of aromatic nitrogens is 3. The number of nitrogens with zero attached hydrogens (tertiary/aromatic N) is 3. The van der Waals surface area contributed by atoms with Gasteiger partial charge in [0.05, 0.1) is 33.1 Å². The molecule has 3 aromatic heterocycles. The molecule has 0 saturated carbocycles. The molecule has 0 bridgehead atoms. The normalized spacial score (nSPS) is 12.0. The third-order valence-electron chi connectivity index (χ3n) is 14.8. The van der Waals surface area contributed by atoms with Crippen LogP contribution >= 0.6 is 0 Å². The van der Waals surface area contributed by atoms with E-state index in [2.05, 4.69) is 287 Å². The Labute approximate surface area is 407 Å². The van der Waals surface area contributed by atoms with Crippen molar-refractivity contribution in [3.05, 3.63) is 273 Å². The van der Waals surface area contributed by atoms with Gasteiger partial charge >= 0.3 is 0 Å². The Hall–Kier alpha value is -8.96. The van der Waals surface area contributed by atoms with Gasteiger partial charge in [0.2, 0.25) is 0 Å². The first-order valence-corrected chi connectivity index (χ1v) is 26.2. The molecule has 0 saturated heterocycles. The van der Waals surface area contributed by atoms with Gasteiger partial charge in [-0.1, -0.05) is 200 Å². The highest BCUT2D eigenvalue weighted by molar-refractivity contribution is 7.20. The number of rotatable bonds is 8. The molecule has 3 nitrogen and oxygen atoms in total. The van der Waals surface area contributed by atoms with Crippen molar-refractivity contribution in [1.82, 2.24) is 13.7 Å². The number of fused-ring (bicyclic) bond motifs is 9. The lowest BCUT2D eigenvalue weighted by atomic mass is 9.99. The predicted octanol–water partition coefficient (Wildman–Crippen LogP) is 14.0. The maximum atomic E-state index is 2.53. The minimum Gasteiger partial charge on any atom is -0.309 e. The molecule has 0 fully saturated rings. The van der Waals surface area contributed by atoms with Gasteiger partial charge in [0, 0.05) is 49.4 Å². The molecule has 0 atom stereocenters. The molecule has 11 aromatic carbocycles. The molecule has 0 radical (unpaired) electrons. The summed E-state index contributed by atoms with van der Waals surface area (Å²) < 4.78 is 7.37. The molecule has 14 rings (SSSR count). The van der Waals surface area contributed by atoms with Crippen molar-refractivity contribution in [2.24, 2.45) is 0 Å². The van der Waals surface area contributed by atoms with Gasteiger partial charge in [-0.3, -0.25) is 0 Å². The highest BCUT2D eigenvalue weighted by atomic mass is 28.3. The summed E-state index contributed by atoms with van der Waals surface area (Å²) in [6.07, 6.45) is 0. The molecule has 0 aliphatic heterocycles. The zero-order valence-corrected chi connectivity index (χ0v) is 39.3. The highest BCUT2D eigenvalue weighted by Gasteiger charge is 2.42. The van der Waals surface area contributed by atoms with Gasteiger partial charge in [0.1, 0.15) is 0 Å². The van der Waals surface area contributed by atoms with Crippen LogP contribution in [0, 0.1) is 0 Å². The second kappa shape index (κ2) is 16.1. The first-order valence-electron chi connectivity index (χ1n) is 24.2. The lowest BCUT2D eigenvalue weighted by Gasteiger charge is -2.35. The molecule has 0 aliphatic carbocycles. The van der Waals surface area contributed by atoms with Crippen LogP contribution in [-0.2, 0) is 0 Å². The summed E-state index contributed by atoms with van der Waals surface area (Å²) in [5.41, 5.74) is 13.0. The Morgan fingerprint density at radius 2 is 0.643 bits per heavy atom. The third-order valence-corrected chi connectivity index (χ3v) is 19.5. The molecular weight excluding hydrogens is 863 g/mol. The number of hydrogen-bond acceptors (Lipinski definition) is 0. The summed E-state index contributed by atoms with van der Waals surface area (Å²) >= 11 is 0. The van der Waals surface area contributed by atoms with E-state index in [9.17, 15) is 0 Å². The first kappa shape index (κ1) is 40.1. The molecule has 0 aliphatic rings. The molecule has 70 heavy (non-hydrogen) atoms. The predicted molar refractivity (Wildman–Crippen MR) is 299 cm³/mol. The topological polar surface area (TPSA) is 14.8 Å². The molecule has 328 valence electrons. The molecule has 0 spiro atoms. The van der Waals surface area contributed by atoms with Crippen molar-refractivity contribution in [3.63, 3.8) is 0 Å². The van der Waals surface area contributed by atoms with Crippen LogP contribution in [0.1, 0.15) is 0 Å². The van der Waals surface area contributed by atoms with E-state index >= 15 is 0 Å². The SMILES string of the molecule is c1ccc(-c2cccc3c2c2cc(-n4c5ccccc5c5ccccc54)ccc2n3-c2cccc([Si](c3ccccc3)(c3ccccc3)c3ccc4c(c3)c3ccccc3n4-c3ccccc3)c2)cc1. The summed E-state index contributed by atoms with van der Waals surface area (Å²) in [6.45, 7) is 0. The van der Waals surface area contributed by atoms with Gasteiger partial charge in [-0.15, -0.1) is 0 Å². The Morgan fingerprint density at radius 3 is 1.29 bits per heavy atom. The first-order chi connectivity index (χ1) is 34.8. The standard InChI is InChI=1S/C66H45N3Si/c1-5-21-46(22-6-1)54-34-20-38-65-66(54)59-44-49(68-60-35-16-13-31-55(60)56-32-14-17-36-61(56)68)39-41-64(59)69(65)48-25-19-30-52(43-48)70(50-26-9-3-10-27-50,51-28-11-4-12-29-51)53-40-42-63-58(45-53)57-33-15-18-37-62(57)67(63)47-23-7-2-8-24-47/h1-45H. The fourth-order valence-corrected chi connectivity index (χ4v) is 16.6. The summed E-state index contributed by atoms with van der Waals surface area (Å²) in [4.78, 5) is 0. The highest BCUT2D eigenvalue weighted by Crippen LogP contribution is 2.41. The Morgan fingerprint density at radius 1 is 0.229 bits per heavy atom. The van der Waals surface area contributed by atoms with Crippen LogP contribution < -0.4 is 20.7 Å². The number of hydrogen-bond donors (Lipinski definition) is 0. The van der Waals surface area contributed by atoms with Crippen LogP contribution in [0.4, 0.5) is 0 Å². The Bertz CT molecular complexity index is 4190. The fraction of sp³-hybridized carbons (Fsp3) is 0. The van der Waals surface area contributed by atoms with Crippen molar-refractivity contribution in [2.45, 2.75) is 0 Å². The van der Waals surface area contributed by atoms with Gasteiger partial charge in [-0.25, -0.2) is 0 Å². The van der Waals surface area contributed by atoms with Crippen LogP contribution in [-0.4, -0.2) is 21.8 Å². The number of benzene rings is 11. The van der Waals surface area contributed by atoms with Crippen LogP contribution in [0.5, 0.6) is 0 Å². The molecule has 3 heterocycles. The van der Waals surface area contributed by atoms with Crippen molar-refractivity contribution in [2.75, 3.05) is 0 Å². The van der Waals surface area contributed by atoms with E-state index in [0.717, 1.165) is 17.1 Å². The van der Waals surface area contributed by atoms with E-state index in [0.29, 0.717) is 0 Å². The molecular formula is C66H45N3Si. The van der Waals surface area contributed by atoms with E-state index < -0.39 is 8.07 Å². The third kappa shape index (κ3) is 6.00. The van der Waals surface area contributed by atoms with Crippen LogP contribution in [0.3, 0.4) is 0 Å². The van der Waals surface area contributed by atoms with Crippen molar-refractivity contribution in [1.29, 1.82) is 0 Å². The van der Waals surface area contributed by atoms with Gasteiger partial charge in [-0.05, 0) is 105 Å². The van der Waals surface area contributed by atoms with Gasteiger partial charge < -0.3 is 13.7 Å². The van der Waals surface area contributed by atoms with E-state index in [4.69, 9.17) is 0 Å². The monoisotopic (exact) mass is 907 g/mol. The fourth-order valence-electron chi connectivity index (χ4n) is 11.9. The smallest absolute Gasteiger partial charge is 0.179 e. The summed E-state index contributed by atoms with van der Waals surface area (Å²) in [5, 5.41) is 12.8. The molecule has 0 amide bonds. The summed E-state index contributed by atoms with van der Waals surface area (Å²) in [7, 11) is -3.04. The maximum Gasteiger partial charge on any atom is 0.179 e. The minimum absolute atomic E-state index is 1.14. The number of para-hydroxylation sites is 4. The van der Waals surface area contributed by atoms with Crippen LogP contribution in [0.2, 0.25) is 0 Å². The van der Waals surface area contributed by atoms with E-state index in [-0.39, 0.29) is 0 Å². The molecule has 14 aromatic rings. The van der Waals surface area contributed by atoms with E-state index in [1.165, 1.54) is 97.3 Å². The zero-order valence-electron chi connectivity index (χ0n) is 38.3. The molecule has 4 heteroatoms. The summed E-state index contributed by atoms with van der Waals surface area (Å²) in [6, 6.07) is 102. The summed E-state index contributed by atoms with van der Waals surface area (Å²) in [5.74, 6) is 0. The average Bonchev–Trinajstić information content (AvgIpc) is 4.08. The van der Waals surface area contributed by atoms with Gasteiger partial charge in [0.15, 0.2) is 8.07 Å². The van der Waals surface area contributed by atoms with Crippen molar-refractivity contribution < 1.29 is 0 Å². The molecule has 0 N–H and O–H groups in total. The second-order valence-corrected chi connectivity index (χ2v) is 22.2.